The second-order valence-corrected chi connectivity index (χ2v) is 11.3. The molecule has 0 bridgehead atoms. The summed E-state index contributed by atoms with van der Waals surface area (Å²) in [5.41, 5.74) is 8.14. The van der Waals surface area contributed by atoms with Crippen molar-refractivity contribution >= 4 is 50.2 Å². The molecule has 0 fully saturated rings. The highest BCUT2D eigenvalue weighted by atomic mass is 32.1. The number of para-hydroxylation sites is 2. The fourth-order valence-corrected chi connectivity index (χ4v) is 6.56. The SMILES string of the molecule is CCCCn1c2cc(-c3ccc(-c4cnccn4)s3)ccc2c2ccc(N(c3ccccc3)c3ccccc3)cc21. The van der Waals surface area contributed by atoms with Crippen molar-refractivity contribution in [3.63, 3.8) is 0 Å². The molecule has 4 nitrogen and oxygen atoms in total. The number of nitrogens with zero attached hydrogens (tertiary/aromatic N) is 4. The summed E-state index contributed by atoms with van der Waals surface area (Å²) in [5, 5.41) is 2.59. The highest BCUT2D eigenvalue weighted by Gasteiger charge is 2.17. The van der Waals surface area contributed by atoms with Gasteiger partial charge in [-0.05, 0) is 66.6 Å². The average Bonchev–Trinajstić information content (AvgIpc) is 3.65. The zero-order chi connectivity index (χ0) is 27.6. The Kier molecular flexibility index (Phi) is 6.79. The molecular formula is C36H30N4S. The van der Waals surface area contributed by atoms with Gasteiger partial charge < -0.3 is 9.47 Å². The van der Waals surface area contributed by atoms with Crippen LogP contribution >= 0.6 is 11.3 Å². The highest BCUT2D eigenvalue weighted by molar-refractivity contribution is 7.18. The largest absolute Gasteiger partial charge is 0.340 e. The monoisotopic (exact) mass is 550 g/mol. The third-order valence-electron chi connectivity index (χ3n) is 7.58. The van der Waals surface area contributed by atoms with E-state index in [1.165, 1.54) is 32.2 Å². The van der Waals surface area contributed by atoms with Gasteiger partial charge in [-0.15, -0.1) is 11.3 Å². The number of benzene rings is 4. The number of aromatic nitrogens is 3. The Hall–Kier alpha value is -4.74. The lowest BCUT2D eigenvalue weighted by Gasteiger charge is -2.25. The molecule has 41 heavy (non-hydrogen) atoms. The molecule has 5 heteroatoms. The summed E-state index contributed by atoms with van der Waals surface area (Å²) < 4.78 is 2.52. The number of hydrogen-bond donors (Lipinski definition) is 0. The van der Waals surface area contributed by atoms with Crippen molar-refractivity contribution in [3.8, 4) is 21.0 Å². The van der Waals surface area contributed by atoms with Gasteiger partial charge in [0.1, 0.15) is 0 Å². The second kappa shape index (κ2) is 11.0. The van der Waals surface area contributed by atoms with Gasteiger partial charge in [0.2, 0.25) is 0 Å². The van der Waals surface area contributed by atoms with E-state index in [2.05, 4.69) is 136 Å². The lowest BCUT2D eigenvalue weighted by Crippen LogP contribution is -2.09. The molecule has 0 amide bonds. The van der Waals surface area contributed by atoms with Crippen molar-refractivity contribution in [1.29, 1.82) is 0 Å². The molecule has 4 aromatic carbocycles. The number of unbranched alkanes of at least 4 members (excludes halogenated alkanes) is 1. The molecule has 7 rings (SSSR count). The first kappa shape index (κ1) is 25.2. The first-order valence-electron chi connectivity index (χ1n) is 14.1. The van der Waals surface area contributed by atoms with Crippen molar-refractivity contribution in [3.05, 3.63) is 128 Å². The third kappa shape index (κ3) is 4.79. The fourth-order valence-electron chi connectivity index (χ4n) is 5.59. The van der Waals surface area contributed by atoms with E-state index in [9.17, 15) is 0 Å². The first-order valence-corrected chi connectivity index (χ1v) is 14.9. The van der Waals surface area contributed by atoms with Gasteiger partial charge in [0.05, 0.1) is 22.3 Å². The molecule has 3 aromatic heterocycles. The second-order valence-electron chi connectivity index (χ2n) is 10.2. The number of rotatable bonds is 8. The molecule has 0 aliphatic rings. The van der Waals surface area contributed by atoms with E-state index in [1.54, 1.807) is 23.7 Å². The van der Waals surface area contributed by atoms with Crippen molar-refractivity contribution in [2.75, 3.05) is 4.90 Å². The maximum atomic E-state index is 4.49. The molecule has 3 heterocycles. The maximum Gasteiger partial charge on any atom is 0.0984 e. The van der Waals surface area contributed by atoms with E-state index in [0.29, 0.717) is 0 Å². The van der Waals surface area contributed by atoms with Crippen molar-refractivity contribution < 1.29 is 0 Å². The number of anilines is 3. The molecule has 0 N–H and O–H groups in total. The van der Waals surface area contributed by atoms with E-state index < -0.39 is 0 Å². The Balaban J connectivity index is 1.37. The summed E-state index contributed by atoms with van der Waals surface area (Å²) in [6, 6.07) is 39.4. The van der Waals surface area contributed by atoms with Gasteiger partial charge in [0.25, 0.3) is 0 Å². The van der Waals surface area contributed by atoms with Crippen LogP contribution in [0.3, 0.4) is 0 Å². The highest BCUT2D eigenvalue weighted by Crippen LogP contribution is 2.40. The topological polar surface area (TPSA) is 34.0 Å². The van der Waals surface area contributed by atoms with Crippen LogP contribution in [0, 0.1) is 0 Å². The molecule has 7 aromatic rings. The summed E-state index contributed by atoms with van der Waals surface area (Å²) in [6.45, 7) is 3.24. The quantitative estimate of drug-likeness (QED) is 0.189. The van der Waals surface area contributed by atoms with Crippen LogP contribution in [0.25, 0.3) is 42.8 Å². The van der Waals surface area contributed by atoms with Gasteiger partial charge in [-0.2, -0.15) is 0 Å². The molecule has 200 valence electrons. The summed E-state index contributed by atoms with van der Waals surface area (Å²) >= 11 is 1.76. The van der Waals surface area contributed by atoms with E-state index in [-0.39, 0.29) is 0 Å². The molecule has 0 saturated heterocycles. The van der Waals surface area contributed by atoms with Crippen LogP contribution in [0.2, 0.25) is 0 Å². The lowest BCUT2D eigenvalue weighted by atomic mass is 10.1. The Morgan fingerprint density at radius 1 is 0.683 bits per heavy atom. The van der Waals surface area contributed by atoms with Gasteiger partial charge in [-0.1, -0.05) is 67.9 Å². The van der Waals surface area contributed by atoms with Crippen molar-refractivity contribution in [2.24, 2.45) is 0 Å². The summed E-state index contributed by atoms with van der Waals surface area (Å²) in [4.78, 5) is 13.4. The minimum absolute atomic E-state index is 0.913. The predicted octanol–water partition coefficient (Wildman–Crippen LogP) is 10.2. The van der Waals surface area contributed by atoms with Crippen LogP contribution in [-0.4, -0.2) is 14.5 Å². The van der Waals surface area contributed by atoms with E-state index >= 15 is 0 Å². The summed E-state index contributed by atoms with van der Waals surface area (Å²) in [6.07, 6.45) is 7.56. The molecule has 0 saturated carbocycles. The summed E-state index contributed by atoms with van der Waals surface area (Å²) in [5.74, 6) is 0. The van der Waals surface area contributed by atoms with Crippen LogP contribution < -0.4 is 4.90 Å². The molecule has 0 unspecified atom stereocenters. The van der Waals surface area contributed by atoms with Gasteiger partial charge in [-0.3, -0.25) is 9.97 Å². The van der Waals surface area contributed by atoms with Crippen LogP contribution in [-0.2, 0) is 6.54 Å². The van der Waals surface area contributed by atoms with E-state index in [1.807, 2.05) is 6.20 Å². The lowest BCUT2D eigenvalue weighted by molar-refractivity contribution is 0.665. The van der Waals surface area contributed by atoms with Gasteiger partial charge in [-0.25, -0.2) is 0 Å². The summed E-state index contributed by atoms with van der Waals surface area (Å²) in [7, 11) is 0. The zero-order valence-corrected chi connectivity index (χ0v) is 23.8. The van der Waals surface area contributed by atoms with Crippen LogP contribution in [0.5, 0.6) is 0 Å². The average molecular weight is 551 g/mol. The van der Waals surface area contributed by atoms with Gasteiger partial charge in [0.15, 0.2) is 0 Å². The van der Waals surface area contributed by atoms with Gasteiger partial charge >= 0.3 is 0 Å². The van der Waals surface area contributed by atoms with Crippen LogP contribution in [0.4, 0.5) is 17.1 Å². The minimum atomic E-state index is 0.913. The maximum absolute atomic E-state index is 4.49. The van der Waals surface area contributed by atoms with E-state index in [4.69, 9.17) is 0 Å². The van der Waals surface area contributed by atoms with Crippen LogP contribution in [0.15, 0.2) is 128 Å². The Morgan fingerprint density at radius 2 is 1.37 bits per heavy atom. The minimum Gasteiger partial charge on any atom is -0.340 e. The molecule has 0 spiro atoms. The van der Waals surface area contributed by atoms with E-state index in [0.717, 1.165) is 47.0 Å². The normalized spacial score (nSPS) is 11.3. The number of hydrogen-bond acceptors (Lipinski definition) is 4. The Labute approximate surface area is 244 Å². The standard InChI is InChI=1S/C36H30N4S/c1-2-3-22-39-33-23-26(35-18-19-36(41-35)32-25-37-20-21-38-32)14-16-30(33)31-17-15-29(24-34(31)39)40(27-10-6-4-7-11-27)28-12-8-5-9-13-28/h4-21,23-25H,2-3,22H2,1H3. The smallest absolute Gasteiger partial charge is 0.0984 e. The Morgan fingerprint density at radius 3 is 2.05 bits per heavy atom. The number of fused-ring (bicyclic) bond motifs is 3. The van der Waals surface area contributed by atoms with Crippen LogP contribution in [0.1, 0.15) is 19.8 Å². The molecular weight excluding hydrogens is 520 g/mol. The van der Waals surface area contributed by atoms with Crippen molar-refractivity contribution in [2.45, 2.75) is 26.3 Å². The number of thiophene rings is 1. The molecule has 0 atom stereocenters. The molecule has 0 radical (unpaired) electrons. The predicted molar refractivity (Wildman–Crippen MR) is 173 cm³/mol. The zero-order valence-electron chi connectivity index (χ0n) is 22.9. The Bertz CT molecular complexity index is 1890. The van der Waals surface area contributed by atoms with Crippen molar-refractivity contribution in [1.82, 2.24) is 14.5 Å². The number of aryl methyl sites for hydroxylation is 1. The molecule has 0 aliphatic carbocycles. The fraction of sp³-hybridized carbons (Fsp3) is 0.111. The van der Waals surface area contributed by atoms with Gasteiger partial charge in [0, 0.05) is 57.2 Å². The first-order chi connectivity index (χ1) is 20.3. The molecule has 0 aliphatic heterocycles. The third-order valence-corrected chi connectivity index (χ3v) is 8.74.